The molecule has 0 aliphatic carbocycles. The van der Waals surface area contributed by atoms with Crippen LogP contribution in [0, 0.1) is 0 Å². The molecule has 0 saturated heterocycles. The predicted molar refractivity (Wildman–Crippen MR) is 108 cm³/mol. The minimum Gasteiger partial charge on any atom is -0.497 e. The van der Waals surface area contributed by atoms with Gasteiger partial charge in [0.05, 0.1) is 19.2 Å². The van der Waals surface area contributed by atoms with Gasteiger partial charge in [-0.3, -0.25) is 14.3 Å². The Morgan fingerprint density at radius 2 is 1.68 bits per heavy atom. The summed E-state index contributed by atoms with van der Waals surface area (Å²) in [5, 5.41) is 0. The van der Waals surface area contributed by atoms with Crippen molar-refractivity contribution in [1.29, 1.82) is 0 Å². The van der Waals surface area contributed by atoms with Crippen LogP contribution in [-0.2, 0) is 26.1 Å². The van der Waals surface area contributed by atoms with E-state index in [9.17, 15) is 9.59 Å². The Kier molecular flexibility index (Phi) is 5.12. The number of H-pyrrole nitrogens is 1. The first-order chi connectivity index (χ1) is 13.6. The number of hydrogen-bond acceptors (Lipinski definition) is 4. The van der Waals surface area contributed by atoms with Gasteiger partial charge in [0.25, 0.3) is 5.56 Å². The Morgan fingerprint density at radius 3 is 2.39 bits per heavy atom. The highest BCUT2D eigenvalue weighted by Crippen LogP contribution is 2.16. The molecule has 1 aromatic heterocycles. The largest absolute Gasteiger partial charge is 0.497 e. The zero-order valence-corrected chi connectivity index (χ0v) is 15.9. The molecule has 1 aliphatic heterocycles. The third-order valence-electron chi connectivity index (χ3n) is 5.18. The summed E-state index contributed by atoms with van der Waals surface area (Å²) in [6, 6.07) is 17.6. The lowest BCUT2D eigenvalue weighted by molar-refractivity contribution is 0.240. The van der Waals surface area contributed by atoms with Crippen molar-refractivity contribution in [2.24, 2.45) is 0 Å². The summed E-state index contributed by atoms with van der Waals surface area (Å²) in [5.74, 6) is 0.743. The number of aromatic amines is 1. The van der Waals surface area contributed by atoms with Gasteiger partial charge in [0, 0.05) is 31.7 Å². The van der Waals surface area contributed by atoms with Gasteiger partial charge in [0.15, 0.2) is 0 Å². The number of hydrogen-bond donors (Lipinski definition) is 1. The molecule has 28 heavy (non-hydrogen) atoms. The van der Waals surface area contributed by atoms with Crippen molar-refractivity contribution in [2.45, 2.75) is 26.1 Å². The third-order valence-corrected chi connectivity index (χ3v) is 5.18. The van der Waals surface area contributed by atoms with Crippen molar-refractivity contribution in [3.8, 4) is 5.75 Å². The highest BCUT2D eigenvalue weighted by atomic mass is 16.5. The quantitative estimate of drug-likeness (QED) is 0.740. The van der Waals surface area contributed by atoms with E-state index in [1.165, 1.54) is 10.1 Å². The highest BCUT2D eigenvalue weighted by Gasteiger charge is 2.22. The second-order valence-corrected chi connectivity index (χ2v) is 7.07. The molecule has 4 rings (SSSR count). The predicted octanol–water partition coefficient (Wildman–Crippen LogP) is 2.15. The standard InChI is InChI=1S/C22H23N3O3/c1-28-18-9-7-17(8-10-18)14-25-21(26)19-15-24(12-11-20(19)23-22(25)27)13-16-5-3-2-4-6-16/h2-10H,11-15H2,1H3,(H,23,27). The summed E-state index contributed by atoms with van der Waals surface area (Å²) in [5.41, 5.74) is 3.00. The SMILES string of the molecule is COc1ccc(Cn2c(=O)[nH]c3c(c2=O)CN(Cc2ccccc2)CC3)cc1. The van der Waals surface area contributed by atoms with Crippen LogP contribution >= 0.6 is 0 Å². The second-order valence-electron chi connectivity index (χ2n) is 7.07. The molecule has 0 bridgehead atoms. The van der Waals surface area contributed by atoms with Gasteiger partial charge in [0.2, 0.25) is 0 Å². The second kappa shape index (κ2) is 7.86. The van der Waals surface area contributed by atoms with Crippen LogP contribution in [0.25, 0.3) is 0 Å². The Labute approximate surface area is 163 Å². The fourth-order valence-corrected chi connectivity index (χ4v) is 3.64. The normalized spacial score (nSPS) is 13.9. The first-order valence-electron chi connectivity index (χ1n) is 9.38. The van der Waals surface area contributed by atoms with E-state index in [0.717, 1.165) is 30.1 Å². The lowest BCUT2D eigenvalue weighted by Crippen LogP contribution is -2.43. The van der Waals surface area contributed by atoms with Crippen LogP contribution in [0.3, 0.4) is 0 Å². The van der Waals surface area contributed by atoms with Crippen molar-refractivity contribution < 1.29 is 4.74 Å². The maximum atomic E-state index is 13.1. The van der Waals surface area contributed by atoms with E-state index in [1.54, 1.807) is 7.11 Å². The smallest absolute Gasteiger partial charge is 0.328 e. The number of aromatic nitrogens is 2. The first-order valence-corrected chi connectivity index (χ1v) is 9.38. The molecule has 1 aliphatic rings. The van der Waals surface area contributed by atoms with E-state index in [0.29, 0.717) is 18.5 Å². The Morgan fingerprint density at radius 1 is 0.964 bits per heavy atom. The average Bonchev–Trinajstić information content (AvgIpc) is 2.73. The van der Waals surface area contributed by atoms with Gasteiger partial charge in [0.1, 0.15) is 5.75 Å². The van der Waals surface area contributed by atoms with Crippen LogP contribution in [-0.4, -0.2) is 28.1 Å². The van der Waals surface area contributed by atoms with Crippen molar-refractivity contribution >= 4 is 0 Å². The molecule has 0 fully saturated rings. The summed E-state index contributed by atoms with van der Waals surface area (Å²) in [6.45, 7) is 2.39. The molecular weight excluding hydrogens is 354 g/mol. The van der Waals surface area contributed by atoms with Crippen molar-refractivity contribution in [3.05, 3.63) is 97.8 Å². The Hall–Kier alpha value is -3.12. The molecule has 0 saturated carbocycles. The average molecular weight is 377 g/mol. The third kappa shape index (κ3) is 3.77. The molecule has 6 nitrogen and oxygen atoms in total. The molecule has 2 aromatic carbocycles. The van der Waals surface area contributed by atoms with Gasteiger partial charge in [-0.1, -0.05) is 42.5 Å². The Balaban J connectivity index is 1.59. The van der Waals surface area contributed by atoms with Crippen molar-refractivity contribution in [2.75, 3.05) is 13.7 Å². The van der Waals surface area contributed by atoms with Crippen LogP contribution in [0.1, 0.15) is 22.4 Å². The molecular formula is C22H23N3O3. The van der Waals surface area contributed by atoms with E-state index in [4.69, 9.17) is 4.74 Å². The van der Waals surface area contributed by atoms with Crippen LogP contribution in [0.4, 0.5) is 0 Å². The summed E-state index contributed by atoms with van der Waals surface area (Å²) < 4.78 is 6.44. The van der Waals surface area contributed by atoms with Crippen LogP contribution in [0.5, 0.6) is 5.75 Å². The summed E-state index contributed by atoms with van der Waals surface area (Å²) in [4.78, 5) is 30.7. The van der Waals surface area contributed by atoms with Crippen LogP contribution < -0.4 is 16.0 Å². The minimum absolute atomic E-state index is 0.202. The number of nitrogens with one attached hydrogen (secondary N) is 1. The number of benzene rings is 2. The number of rotatable bonds is 5. The molecule has 0 atom stereocenters. The summed E-state index contributed by atoms with van der Waals surface area (Å²) in [6.07, 6.45) is 0.677. The fourth-order valence-electron chi connectivity index (χ4n) is 3.64. The lowest BCUT2D eigenvalue weighted by Gasteiger charge is -2.28. The summed E-state index contributed by atoms with van der Waals surface area (Å²) in [7, 11) is 1.61. The fraction of sp³-hybridized carbons (Fsp3) is 0.273. The van der Waals surface area contributed by atoms with Gasteiger partial charge < -0.3 is 9.72 Å². The summed E-state index contributed by atoms with van der Waals surface area (Å²) >= 11 is 0. The molecule has 0 amide bonds. The van der Waals surface area contributed by atoms with Crippen molar-refractivity contribution in [3.63, 3.8) is 0 Å². The lowest BCUT2D eigenvalue weighted by atomic mass is 10.1. The molecule has 144 valence electrons. The molecule has 2 heterocycles. The number of methoxy groups -OCH3 is 1. The minimum atomic E-state index is -0.351. The Bertz CT molecular complexity index is 1070. The van der Waals surface area contributed by atoms with Gasteiger partial charge in [-0.25, -0.2) is 4.79 Å². The van der Waals surface area contributed by atoms with Crippen LogP contribution in [0.15, 0.2) is 64.2 Å². The zero-order valence-electron chi connectivity index (χ0n) is 15.9. The molecule has 0 radical (unpaired) electrons. The van der Waals surface area contributed by atoms with Gasteiger partial charge in [-0.15, -0.1) is 0 Å². The van der Waals surface area contributed by atoms with Crippen molar-refractivity contribution in [1.82, 2.24) is 14.5 Å². The maximum absolute atomic E-state index is 13.1. The topological polar surface area (TPSA) is 67.3 Å². The molecule has 3 aromatic rings. The van der Waals surface area contributed by atoms with E-state index < -0.39 is 0 Å². The number of ether oxygens (including phenoxy) is 1. The zero-order chi connectivity index (χ0) is 19.5. The maximum Gasteiger partial charge on any atom is 0.328 e. The first kappa shape index (κ1) is 18.3. The number of nitrogens with zero attached hydrogens (tertiary/aromatic N) is 2. The van der Waals surface area contributed by atoms with E-state index >= 15 is 0 Å². The van der Waals surface area contributed by atoms with E-state index in [2.05, 4.69) is 22.0 Å². The van der Waals surface area contributed by atoms with Gasteiger partial charge in [-0.05, 0) is 23.3 Å². The van der Waals surface area contributed by atoms with Gasteiger partial charge >= 0.3 is 5.69 Å². The molecule has 6 heteroatoms. The molecule has 0 unspecified atom stereocenters. The highest BCUT2D eigenvalue weighted by molar-refractivity contribution is 5.28. The monoisotopic (exact) mass is 377 g/mol. The van der Waals surface area contributed by atoms with Crippen LogP contribution in [0.2, 0.25) is 0 Å². The van der Waals surface area contributed by atoms with E-state index in [1.807, 2.05) is 42.5 Å². The van der Waals surface area contributed by atoms with Gasteiger partial charge in [-0.2, -0.15) is 0 Å². The molecule has 0 spiro atoms. The van der Waals surface area contributed by atoms with E-state index in [-0.39, 0.29) is 17.8 Å². The number of fused-ring (bicyclic) bond motifs is 1. The molecule has 1 N–H and O–H groups in total.